The van der Waals surface area contributed by atoms with Gasteiger partial charge in [0, 0.05) is 25.2 Å². The van der Waals surface area contributed by atoms with Gasteiger partial charge in [-0.05, 0) is 92.4 Å². The fourth-order valence-corrected chi connectivity index (χ4v) is 6.76. The maximum absolute atomic E-state index is 12.3. The first-order chi connectivity index (χ1) is 14.5. The Hall–Kier alpha value is -2.37. The lowest BCUT2D eigenvalue weighted by Crippen LogP contribution is -2.51. The molecular formula is C24H30N2O4. The predicted octanol–water partition coefficient (Wildman–Crippen LogP) is 3.30. The Balaban J connectivity index is 1.10. The summed E-state index contributed by atoms with van der Waals surface area (Å²) in [6, 6.07) is 6.81. The second-order valence-electron chi connectivity index (χ2n) is 9.97. The number of carbonyl (C=O) groups is 3. The van der Waals surface area contributed by atoms with Crippen molar-refractivity contribution in [1.29, 1.82) is 0 Å². The Morgan fingerprint density at radius 1 is 1.03 bits per heavy atom. The third-order valence-electron chi connectivity index (χ3n) is 7.65. The number of anilines is 1. The van der Waals surface area contributed by atoms with E-state index in [1.54, 1.807) is 29.2 Å². The van der Waals surface area contributed by atoms with Gasteiger partial charge in [-0.15, -0.1) is 0 Å². The van der Waals surface area contributed by atoms with Gasteiger partial charge < -0.3 is 15.0 Å². The highest BCUT2D eigenvalue weighted by Gasteiger charge is 2.50. The molecular weight excluding hydrogens is 380 g/mol. The minimum absolute atomic E-state index is 0.112. The molecule has 6 nitrogen and oxygen atoms in total. The van der Waals surface area contributed by atoms with Crippen molar-refractivity contribution >= 4 is 23.5 Å². The quantitative estimate of drug-likeness (QED) is 0.730. The summed E-state index contributed by atoms with van der Waals surface area (Å²) >= 11 is 0. The molecule has 5 fully saturated rings. The van der Waals surface area contributed by atoms with Crippen LogP contribution in [0.15, 0.2) is 24.3 Å². The zero-order valence-electron chi connectivity index (χ0n) is 17.4. The van der Waals surface area contributed by atoms with E-state index in [2.05, 4.69) is 5.32 Å². The van der Waals surface area contributed by atoms with Gasteiger partial charge in [-0.2, -0.15) is 0 Å². The second kappa shape index (κ2) is 7.71. The molecule has 1 N–H and O–H groups in total. The molecule has 0 spiro atoms. The maximum atomic E-state index is 12.3. The number of esters is 1. The highest BCUT2D eigenvalue weighted by Crippen LogP contribution is 2.59. The van der Waals surface area contributed by atoms with E-state index < -0.39 is 5.97 Å². The molecule has 30 heavy (non-hydrogen) atoms. The van der Waals surface area contributed by atoms with Gasteiger partial charge in [-0.1, -0.05) is 0 Å². The summed E-state index contributed by atoms with van der Waals surface area (Å²) < 4.78 is 5.22. The van der Waals surface area contributed by atoms with Crippen LogP contribution in [0.3, 0.4) is 0 Å². The van der Waals surface area contributed by atoms with Crippen molar-refractivity contribution in [2.24, 2.45) is 23.2 Å². The van der Waals surface area contributed by atoms with E-state index in [0.717, 1.165) is 29.9 Å². The van der Waals surface area contributed by atoms with Gasteiger partial charge in [0.1, 0.15) is 0 Å². The average Bonchev–Trinajstić information content (AvgIpc) is 3.15. The van der Waals surface area contributed by atoms with Crippen molar-refractivity contribution in [3.63, 3.8) is 0 Å². The summed E-state index contributed by atoms with van der Waals surface area (Å²) in [5.74, 6) is 1.93. The smallest absolute Gasteiger partial charge is 0.338 e. The Labute approximate surface area is 177 Å². The van der Waals surface area contributed by atoms with Crippen LogP contribution in [-0.2, 0) is 14.3 Å². The number of hydrogen-bond acceptors (Lipinski definition) is 4. The summed E-state index contributed by atoms with van der Waals surface area (Å²) in [4.78, 5) is 38.1. The normalized spacial score (nSPS) is 31.8. The minimum Gasteiger partial charge on any atom is -0.452 e. The van der Waals surface area contributed by atoms with Gasteiger partial charge in [-0.3, -0.25) is 9.59 Å². The molecule has 1 saturated heterocycles. The van der Waals surface area contributed by atoms with Crippen molar-refractivity contribution in [3.8, 4) is 0 Å². The van der Waals surface area contributed by atoms with Gasteiger partial charge in [0.15, 0.2) is 6.61 Å². The topological polar surface area (TPSA) is 75.7 Å². The highest BCUT2D eigenvalue weighted by atomic mass is 16.5. The van der Waals surface area contributed by atoms with Gasteiger partial charge in [0.25, 0.3) is 5.91 Å². The molecule has 5 aliphatic rings. The molecule has 2 amide bonds. The number of nitrogens with one attached hydrogen (secondary N) is 1. The molecule has 4 bridgehead atoms. The number of ether oxygens (including phenoxy) is 1. The van der Waals surface area contributed by atoms with Gasteiger partial charge in [-0.25, -0.2) is 4.79 Å². The van der Waals surface area contributed by atoms with E-state index in [1.165, 1.54) is 38.5 Å². The molecule has 6 heteroatoms. The molecule has 1 aromatic carbocycles. The van der Waals surface area contributed by atoms with Crippen molar-refractivity contribution in [1.82, 2.24) is 5.32 Å². The summed E-state index contributed by atoms with van der Waals surface area (Å²) in [5.41, 5.74) is 1.46. The molecule has 0 aromatic heterocycles. The van der Waals surface area contributed by atoms with Crippen molar-refractivity contribution in [3.05, 3.63) is 29.8 Å². The van der Waals surface area contributed by atoms with Crippen LogP contribution in [-0.4, -0.2) is 37.5 Å². The zero-order chi connectivity index (χ0) is 20.7. The van der Waals surface area contributed by atoms with E-state index in [4.69, 9.17) is 4.74 Å². The molecule has 1 aliphatic heterocycles. The van der Waals surface area contributed by atoms with Gasteiger partial charge >= 0.3 is 5.97 Å². The molecule has 0 radical (unpaired) electrons. The van der Waals surface area contributed by atoms with Gasteiger partial charge in [0.2, 0.25) is 5.91 Å². The first-order valence-electron chi connectivity index (χ1n) is 11.3. The zero-order valence-corrected chi connectivity index (χ0v) is 17.4. The standard InChI is InChI=1S/C24H30N2O4/c27-21(25-15-24-11-16-8-17(12-24)10-18(9-16)13-24)14-30-23(29)19-3-5-20(6-4-19)26-7-1-2-22(26)28/h3-6,16-18H,1-2,7-15H2,(H,25,27). The van der Waals surface area contributed by atoms with Gasteiger partial charge in [0.05, 0.1) is 5.56 Å². The number of carbonyl (C=O) groups excluding carboxylic acids is 3. The van der Waals surface area contributed by atoms with Crippen molar-refractivity contribution in [2.75, 3.05) is 24.6 Å². The summed E-state index contributed by atoms with van der Waals surface area (Å²) in [6.07, 6.45) is 9.31. The van der Waals surface area contributed by atoms with E-state index in [1.807, 2.05) is 0 Å². The monoisotopic (exact) mass is 410 g/mol. The lowest BCUT2D eigenvalue weighted by molar-refractivity contribution is -0.126. The lowest BCUT2D eigenvalue weighted by Gasteiger charge is -2.56. The van der Waals surface area contributed by atoms with Crippen molar-refractivity contribution < 1.29 is 19.1 Å². The van der Waals surface area contributed by atoms with Crippen LogP contribution in [0.25, 0.3) is 0 Å². The Bertz CT molecular complexity index is 812. The molecule has 0 unspecified atom stereocenters. The first-order valence-corrected chi connectivity index (χ1v) is 11.3. The van der Waals surface area contributed by atoms with Crippen LogP contribution in [0.4, 0.5) is 5.69 Å². The van der Waals surface area contributed by atoms with Crippen LogP contribution >= 0.6 is 0 Å². The number of rotatable bonds is 6. The maximum Gasteiger partial charge on any atom is 0.338 e. The fraction of sp³-hybridized carbons (Fsp3) is 0.625. The van der Waals surface area contributed by atoms with E-state index in [9.17, 15) is 14.4 Å². The molecule has 160 valence electrons. The van der Waals surface area contributed by atoms with Crippen LogP contribution in [0.5, 0.6) is 0 Å². The second-order valence-corrected chi connectivity index (χ2v) is 9.97. The SMILES string of the molecule is O=C(COC(=O)c1ccc(N2CCCC2=O)cc1)NCC12CC3CC(CC(C3)C1)C2. The molecule has 4 aliphatic carbocycles. The molecule has 1 aromatic rings. The number of amides is 2. The van der Waals surface area contributed by atoms with Crippen LogP contribution in [0, 0.1) is 23.2 Å². The Morgan fingerprint density at radius 3 is 2.23 bits per heavy atom. The fourth-order valence-electron chi connectivity index (χ4n) is 6.76. The number of nitrogens with zero attached hydrogens (tertiary/aromatic N) is 1. The summed E-state index contributed by atoms with van der Waals surface area (Å²) in [5, 5.41) is 3.04. The van der Waals surface area contributed by atoms with Crippen molar-refractivity contribution in [2.45, 2.75) is 51.4 Å². The summed E-state index contributed by atoms with van der Waals surface area (Å²) in [6.45, 7) is 1.18. The first kappa shape index (κ1) is 19.6. The Kier molecular flexibility index (Phi) is 5.03. The van der Waals surface area contributed by atoms with Crippen LogP contribution < -0.4 is 10.2 Å². The Morgan fingerprint density at radius 2 is 1.67 bits per heavy atom. The molecule has 0 atom stereocenters. The van der Waals surface area contributed by atoms with Crippen LogP contribution in [0.1, 0.15) is 61.7 Å². The number of hydrogen-bond donors (Lipinski definition) is 1. The van der Waals surface area contributed by atoms with Crippen LogP contribution in [0.2, 0.25) is 0 Å². The average molecular weight is 411 g/mol. The predicted molar refractivity (Wildman–Crippen MR) is 112 cm³/mol. The summed E-state index contributed by atoms with van der Waals surface area (Å²) in [7, 11) is 0. The molecule has 6 rings (SSSR count). The molecule has 4 saturated carbocycles. The van der Waals surface area contributed by atoms with E-state index >= 15 is 0 Å². The number of benzene rings is 1. The minimum atomic E-state index is -0.515. The highest BCUT2D eigenvalue weighted by molar-refractivity contribution is 5.96. The third-order valence-corrected chi connectivity index (χ3v) is 7.65. The third kappa shape index (κ3) is 3.84. The molecule has 1 heterocycles. The largest absolute Gasteiger partial charge is 0.452 e. The lowest BCUT2D eigenvalue weighted by atomic mass is 9.49. The van der Waals surface area contributed by atoms with E-state index in [-0.39, 0.29) is 23.8 Å². The van der Waals surface area contributed by atoms with E-state index in [0.29, 0.717) is 25.1 Å².